The van der Waals surface area contributed by atoms with Gasteiger partial charge in [-0.05, 0) is 36.2 Å². The van der Waals surface area contributed by atoms with Crippen LogP contribution in [-0.4, -0.2) is 48.5 Å². The van der Waals surface area contributed by atoms with Crippen molar-refractivity contribution in [3.05, 3.63) is 59.4 Å². The van der Waals surface area contributed by atoms with Gasteiger partial charge in [0.25, 0.3) is 5.91 Å². The van der Waals surface area contributed by atoms with E-state index in [2.05, 4.69) is 39.5 Å². The molecule has 2 aliphatic heterocycles. The highest BCUT2D eigenvalue weighted by atomic mass is 16.2. The Bertz CT molecular complexity index is 723. The molecule has 0 radical (unpaired) electrons. The van der Waals surface area contributed by atoms with Crippen LogP contribution in [0.15, 0.2) is 42.7 Å². The molecule has 0 bridgehead atoms. The van der Waals surface area contributed by atoms with Gasteiger partial charge in [-0.25, -0.2) is 0 Å². The largest absolute Gasteiger partial charge is 0.368 e. The number of carbonyl (C=O) groups excluding carboxylic acids is 1. The monoisotopic (exact) mass is 322 g/mol. The molecule has 2 aliphatic rings. The average Bonchev–Trinajstić information content (AvgIpc) is 2.68. The van der Waals surface area contributed by atoms with E-state index in [1.165, 1.54) is 11.3 Å². The van der Waals surface area contributed by atoms with Crippen molar-refractivity contribution in [1.29, 1.82) is 0 Å². The molecule has 0 atom stereocenters. The Morgan fingerprint density at radius 3 is 2.62 bits per heavy atom. The number of amides is 1. The molecule has 1 amide bonds. The van der Waals surface area contributed by atoms with E-state index in [-0.39, 0.29) is 5.91 Å². The third-order valence-corrected chi connectivity index (χ3v) is 4.93. The summed E-state index contributed by atoms with van der Waals surface area (Å²) in [5, 5.41) is 3.34. The molecule has 0 saturated carbocycles. The molecule has 0 unspecified atom stereocenters. The number of hydrogen-bond acceptors (Lipinski definition) is 4. The molecule has 1 fully saturated rings. The van der Waals surface area contributed by atoms with Crippen LogP contribution in [0.25, 0.3) is 0 Å². The SMILES string of the molecule is O=C(c1cncc2c1CCNC2)N1CCN(c2ccccc2)CC1. The van der Waals surface area contributed by atoms with Crippen molar-refractivity contribution in [2.24, 2.45) is 0 Å². The summed E-state index contributed by atoms with van der Waals surface area (Å²) in [5.41, 5.74) is 4.37. The third-order valence-electron chi connectivity index (χ3n) is 4.93. The van der Waals surface area contributed by atoms with Crippen LogP contribution in [0, 0.1) is 0 Å². The zero-order chi connectivity index (χ0) is 16.4. The predicted octanol–water partition coefficient (Wildman–Crippen LogP) is 1.69. The summed E-state index contributed by atoms with van der Waals surface area (Å²) in [6, 6.07) is 10.4. The summed E-state index contributed by atoms with van der Waals surface area (Å²) in [6.07, 6.45) is 4.53. The Balaban J connectivity index is 1.47. The fourth-order valence-corrected chi connectivity index (χ4v) is 3.58. The Morgan fingerprint density at radius 2 is 1.83 bits per heavy atom. The minimum Gasteiger partial charge on any atom is -0.368 e. The Hall–Kier alpha value is -2.40. The van der Waals surface area contributed by atoms with Crippen molar-refractivity contribution in [2.45, 2.75) is 13.0 Å². The maximum Gasteiger partial charge on any atom is 0.255 e. The lowest BCUT2D eigenvalue weighted by atomic mass is 9.97. The highest BCUT2D eigenvalue weighted by Gasteiger charge is 2.25. The second-order valence-corrected chi connectivity index (χ2v) is 6.37. The molecule has 0 aliphatic carbocycles. The standard InChI is InChI=1S/C19H22N4O/c24-19(18-14-21-13-15-12-20-7-6-17(15)18)23-10-8-22(9-11-23)16-4-2-1-3-5-16/h1-5,13-14,20H,6-12H2. The molecule has 1 aromatic carbocycles. The maximum absolute atomic E-state index is 13.0. The Labute approximate surface area is 142 Å². The van der Waals surface area contributed by atoms with E-state index in [0.717, 1.165) is 56.8 Å². The molecule has 4 rings (SSSR count). The number of aromatic nitrogens is 1. The van der Waals surface area contributed by atoms with Gasteiger partial charge in [0.1, 0.15) is 0 Å². The number of nitrogens with zero attached hydrogens (tertiary/aromatic N) is 3. The van der Waals surface area contributed by atoms with E-state index >= 15 is 0 Å². The first-order chi connectivity index (χ1) is 11.8. The van der Waals surface area contributed by atoms with Gasteiger partial charge in [-0.15, -0.1) is 0 Å². The number of nitrogens with one attached hydrogen (secondary N) is 1. The smallest absolute Gasteiger partial charge is 0.255 e. The maximum atomic E-state index is 13.0. The summed E-state index contributed by atoms with van der Waals surface area (Å²) in [6.45, 7) is 5.01. The minimum atomic E-state index is 0.133. The molecule has 124 valence electrons. The number of piperazine rings is 1. The molecule has 5 nitrogen and oxygen atoms in total. The number of fused-ring (bicyclic) bond motifs is 1. The number of hydrogen-bond donors (Lipinski definition) is 1. The molecular formula is C19H22N4O. The van der Waals surface area contributed by atoms with Crippen LogP contribution >= 0.6 is 0 Å². The Morgan fingerprint density at radius 1 is 1.04 bits per heavy atom. The van der Waals surface area contributed by atoms with Crippen molar-refractivity contribution in [1.82, 2.24) is 15.2 Å². The van der Waals surface area contributed by atoms with E-state index in [0.29, 0.717) is 0 Å². The lowest BCUT2D eigenvalue weighted by molar-refractivity contribution is 0.0745. The van der Waals surface area contributed by atoms with E-state index < -0.39 is 0 Å². The van der Waals surface area contributed by atoms with Gasteiger partial charge in [0.05, 0.1) is 5.56 Å². The predicted molar refractivity (Wildman–Crippen MR) is 94.2 cm³/mol. The lowest BCUT2D eigenvalue weighted by Crippen LogP contribution is -2.49. The molecule has 3 heterocycles. The molecule has 1 aromatic heterocycles. The topological polar surface area (TPSA) is 48.5 Å². The van der Waals surface area contributed by atoms with Crippen LogP contribution in [0.1, 0.15) is 21.5 Å². The van der Waals surface area contributed by atoms with Gasteiger partial charge >= 0.3 is 0 Å². The van der Waals surface area contributed by atoms with Crippen molar-refractivity contribution >= 4 is 11.6 Å². The number of anilines is 1. The van der Waals surface area contributed by atoms with Crippen LogP contribution in [0.3, 0.4) is 0 Å². The van der Waals surface area contributed by atoms with E-state index in [1.54, 1.807) is 6.20 Å². The zero-order valence-corrected chi connectivity index (χ0v) is 13.7. The number of pyridine rings is 1. The summed E-state index contributed by atoms with van der Waals surface area (Å²) in [4.78, 5) is 21.6. The van der Waals surface area contributed by atoms with E-state index in [9.17, 15) is 4.79 Å². The van der Waals surface area contributed by atoms with Crippen LogP contribution in [-0.2, 0) is 13.0 Å². The number of benzene rings is 1. The minimum absolute atomic E-state index is 0.133. The molecule has 2 aromatic rings. The van der Waals surface area contributed by atoms with E-state index in [1.807, 2.05) is 17.2 Å². The van der Waals surface area contributed by atoms with Gasteiger partial charge in [0.15, 0.2) is 0 Å². The molecule has 1 N–H and O–H groups in total. The molecular weight excluding hydrogens is 300 g/mol. The number of carbonyl (C=O) groups is 1. The molecule has 5 heteroatoms. The van der Waals surface area contributed by atoms with Crippen molar-refractivity contribution < 1.29 is 4.79 Å². The lowest BCUT2D eigenvalue weighted by Gasteiger charge is -2.36. The van der Waals surface area contributed by atoms with Gasteiger partial charge in [-0.2, -0.15) is 0 Å². The molecule has 1 saturated heterocycles. The van der Waals surface area contributed by atoms with Crippen molar-refractivity contribution in [3.63, 3.8) is 0 Å². The van der Waals surface area contributed by atoms with Crippen LogP contribution < -0.4 is 10.2 Å². The fourth-order valence-electron chi connectivity index (χ4n) is 3.58. The second-order valence-electron chi connectivity index (χ2n) is 6.37. The van der Waals surface area contributed by atoms with Gasteiger partial charge in [-0.1, -0.05) is 18.2 Å². The first-order valence-electron chi connectivity index (χ1n) is 8.58. The molecule has 24 heavy (non-hydrogen) atoms. The summed E-state index contributed by atoms with van der Waals surface area (Å²) >= 11 is 0. The Kier molecular flexibility index (Phi) is 4.17. The average molecular weight is 322 g/mol. The van der Waals surface area contributed by atoms with Crippen molar-refractivity contribution in [2.75, 3.05) is 37.6 Å². The highest BCUT2D eigenvalue weighted by Crippen LogP contribution is 2.21. The normalized spacial score (nSPS) is 17.5. The summed E-state index contributed by atoms with van der Waals surface area (Å²) in [5.74, 6) is 0.133. The zero-order valence-electron chi connectivity index (χ0n) is 13.7. The van der Waals surface area contributed by atoms with Crippen molar-refractivity contribution in [3.8, 4) is 0 Å². The second kappa shape index (κ2) is 6.61. The van der Waals surface area contributed by atoms with Crippen LogP contribution in [0.5, 0.6) is 0 Å². The van der Waals surface area contributed by atoms with Gasteiger partial charge in [0.2, 0.25) is 0 Å². The number of rotatable bonds is 2. The fraction of sp³-hybridized carbons (Fsp3) is 0.368. The highest BCUT2D eigenvalue weighted by molar-refractivity contribution is 5.96. The quantitative estimate of drug-likeness (QED) is 0.914. The van der Waals surface area contributed by atoms with Gasteiger partial charge in [0, 0.05) is 50.8 Å². The summed E-state index contributed by atoms with van der Waals surface area (Å²) in [7, 11) is 0. The first-order valence-corrected chi connectivity index (χ1v) is 8.58. The van der Waals surface area contributed by atoms with Gasteiger partial charge < -0.3 is 15.1 Å². The molecule has 0 spiro atoms. The number of para-hydroxylation sites is 1. The van der Waals surface area contributed by atoms with Crippen LogP contribution in [0.2, 0.25) is 0 Å². The first kappa shape index (κ1) is 15.1. The van der Waals surface area contributed by atoms with Crippen LogP contribution in [0.4, 0.5) is 5.69 Å². The third kappa shape index (κ3) is 2.87. The summed E-state index contributed by atoms with van der Waals surface area (Å²) < 4.78 is 0. The van der Waals surface area contributed by atoms with Gasteiger partial charge in [-0.3, -0.25) is 9.78 Å². The van der Waals surface area contributed by atoms with E-state index in [4.69, 9.17) is 0 Å².